The van der Waals surface area contributed by atoms with E-state index in [0.717, 1.165) is 18.4 Å². The minimum Gasteiger partial charge on any atom is -0.381 e. The van der Waals surface area contributed by atoms with Gasteiger partial charge in [0.1, 0.15) is 0 Å². The maximum absolute atomic E-state index is 11.2. The number of rotatable bonds is 4. The molecule has 1 aromatic rings. The Bertz CT molecular complexity index is 495. The molecule has 0 aromatic carbocycles. The Labute approximate surface area is 117 Å². The van der Waals surface area contributed by atoms with Crippen molar-refractivity contribution in [3.63, 3.8) is 0 Å². The molecule has 20 heavy (non-hydrogen) atoms. The molecular weight excluding hydrogens is 260 g/mol. The topological polar surface area (TPSA) is 94.5 Å². The smallest absolute Gasteiger partial charge is 0.311 e. The standard InChI is InChI=1S/C13H20N4O3/c1-9-5-12(17(18)19)13(15-8-9)16-4-3-11(20-2)6-10(16)7-14/h5,8,10-11H,3-4,6-7,14H2,1-2H3. The molecule has 1 fully saturated rings. The SMILES string of the molecule is COC1CCN(c2ncc(C)cc2[N+](=O)[O-])C(CN)C1. The lowest BCUT2D eigenvalue weighted by atomic mass is 9.99. The first-order chi connectivity index (χ1) is 9.56. The highest BCUT2D eigenvalue weighted by Crippen LogP contribution is 2.31. The van der Waals surface area contributed by atoms with Crippen LogP contribution in [0.3, 0.4) is 0 Å². The summed E-state index contributed by atoms with van der Waals surface area (Å²) in [4.78, 5) is 17.0. The summed E-state index contributed by atoms with van der Waals surface area (Å²) in [6, 6.07) is 1.57. The second-order valence-electron chi connectivity index (χ2n) is 5.08. The zero-order valence-corrected chi connectivity index (χ0v) is 11.8. The van der Waals surface area contributed by atoms with Crippen molar-refractivity contribution in [3.8, 4) is 0 Å². The summed E-state index contributed by atoms with van der Waals surface area (Å²) in [7, 11) is 1.68. The Morgan fingerprint density at radius 3 is 3.00 bits per heavy atom. The molecule has 0 saturated carbocycles. The van der Waals surface area contributed by atoms with Gasteiger partial charge in [-0.05, 0) is 25.3 Å². The van der Waals surface area contributed by atoms with E-state index in [0.29, 0.717) is 18.9 Å². The highest BCUT2D eigenvalue weighted by molar-refractivity contribution is 5.59. The first kappa shape index (κ1) is 14.7. The van der Waals surface area contributed by atoms with Gasteiger partial charge in [0.25, 0.3) is 0 Å². The number of ether oxygens (including phenoxy) is 1. The molecule has 0 amide bonds. The summed E-state index contributed by atoms with van der Waals surface area (Å²) in [5, 5.41) is 11.2. The predicted molar refractivity (Wildman–Crippen MR) is 75.8 cm³/mol. The number of nitro groups is 1. The first-order valence-electron chi connectivity index (χ1n) is 6.67. The van der Waals surface area contributed by atoms with Crippen molar-refractivity contribution >= 4 is 11.5 Å². The summed E-state index contributed by atoms with van der Waals surface area (Å²) in [5.41, 5.74) is 6.62. The molecule has 0 spiro atoms. The fourth-order valence-electron chi connectivity index (χ4n) is 2.63. The maximum Gasteiger partial charge on any atom is 0.311 e. The highest BCUT2D eigenvalue weighted by Gasteiger charge is 2.32. The Morgan fingerprint density at radius 2 is 2.40 bits per heavy atom. The molecule has 1 aromatic heterocycles. The molecule has 2 heterocycles. The van der Waals surface area contributed by atoms with Crippen LogP contribution in [-0.2, 0) is 4.74 Å². The normalized spacial score (nSPS) is 22.9. The van der Waals surface area contributed by atoms with Crippen LogP contribution in [0.2, 0.25) is 0 Å². The number of hydrogen-bond donors (Lipinski definition) is 1. The van der Waals surface area contributed by atoms with E-state index < -0.39 is 0 Å². The van der Waals surface area contributed by atoms with Crippen LogP contribution in [0.4, 0.5) is 11.5 Å². The quantitative estimate of drug-likeness (QED) is 0.658. The molecule has 1 aliphatic rings. The lowest BCUT2D eigenvalue weighted by Gasteiger charge is -2.38. The Hall–Kier alpha value is -1.73. The predicted octanol–water partition coefficient (Wildman–Crippen LogP) is 1.24. The van der Waals surface area contributed by atoms with Gasteiger partial charge in [-0.2, -0.15) is 0 Å². The van der Waals surface area contributed by atoms with Crippen LogP contribution in [0.15, 0.2) is 12.3 Å². The zero-order chi connectivity index (χ0) is 14.7. The molecule has 1 aliphatic heterocycles. The van der Waals surface area contributed by atoms with E-state index >= 15 is 0 Å². The lowest BCUT2D eigenvalue weighted by Crippen LogP contribution is -2.49. The van der Waals surface area contributed by atoms with Gasteiger partial charge in [0, 0.05) is 38.5 Å². The average molecular weight is 280 g/mol. The van der Waals surface area contributed by atoms with Gasteiger partial charge in [0.05, 0.1) is 11.0 Å². The number of nitrogens with zero attached hydrogens (tertiary/aromatic N) is 3. The van der Waals surface area contributed by atoms with Gasteiger partial charge >= 0.3 is 5.69 Å². The van der Waals surface area contributed by atoms with E-state index in [-0.39, 0.29) is 22.8 Å². The number of anilines is 1. The highest BCUT2D eigenvalue weighted by atomic mass is 16.6. The third-order valence-electron chi connectivity index (χ3n) is 3.73. The van der Waals surface area contributed by atoms with Crippen molar-refractivity contribution in [1.29, 1.82) is 0 Å². The molecule has 2 N–H and O–H groups in total. The Morgan fingerprint density at radius 1 is 1.65 bits per heavy atom. The number of hydrogen-bond acceptors (Lipinski definition) is 6. The number of nitrogens with two attached hydrogens (primary N) is 1. The molecular formula is C13H20N4O3. The fraction of sp³-hybridized carbons (Fsp3) is 0.615. The van der Waals surface area contributed by atoms with Crippen LogP contribution >= 0.6 is 0 Å². The Kier molecular flexibility index (Phi) is 4.51. The summed E-state index contributed by atoms with van der Waals surface area (Å²) < 4.78 is 5.37. The maximum atomic E-state index is 11.2. The van der Waals surface area contributed by atoms with Crippen molar-refractivity contribution in [3.05, 3.63) is 27.9 Å². The van der Waals surface area contributed by atoms with Gasteiger partial charge in [-0.1, -0.05) is 0 Å². The van der Waals surface area contributed by atoms with Crippen LogP contribution in [-0.4, -0.2) is 42.3 Å². The summed E-state index contributed by atoms with van der Waals surface area (Å²) in [5.74, 6) is 0.408. The molecule has 2 atom stereocenters. The van der Waals surface area contributed by atoms with Gasteiger partial charge in [-0.3, -0.25) is 10.1 Å². The van der Waals surface area contributed by atoms with Gasteiger partial charge in [-0.25, -0.2) is 4.98 Å². The average Bonchev–Trinajstić information content (AvgIpc) is 2.46. The molecule has 2 rings (SSSR count). The van der Waals surface area contributed by atoms with E-state index in [9.17, 15) is 10.1 Å². The number of aryl methyl sites for hydroxylation is 1. The van der Waals surface area contributed by atoms with Gasteiger partial charge in [-0.15, -0.1) is 0 Å². The van der Waals surface area contributed by atoms with E-state index in [4.69, 9.17) is 10.5 Å². The summed E-state index contributed by atoms with van der Waals surface area (Å²) in [6.07, 6.45) is 3.39. The van der Waals surface area contributed by atoms with E-state index in [1.807, 2.05) is 4.90 Å². The van der Waals surface area contributed by atoms with Crippen LogP contribution in [0.1, 0.15) is 18.4 Å². The fourth-order valence-corrected chi connectivity index (χ4v) is 2.63. The minimum atomic E-state index is -0.384. The minimum absolute atomic E-state index is 0.0163. The zero-order valence-electron chi connectivity index (χ0n) is 11.8. The largest absolute Gasteiger partial charge is 0.381 e. The lowest BCUT2D eigenvalue weighted by molar-refractivity contribution is -0.384. The van der Waals surface area contributed by atoms with Crippen molar-refractivity contribution < 1.29 is 9.66 Å². The van der Waals surface area contributed by atoms with E-state index in [1.54, 1.807) is 26.3 Å². The molecule has 0 bridgehead atoms. The third kappa shape index (κ3) is 2.88. The molecule has 0 aliphatic carbocycles. The second kappa shape index (κ2) is 6.15. The number of methoxy groups -OCH3 is 1. The molecule has 7 heteroatoms. The number of aromatic nitrogens is 1. The van der Waals surface area contributed by atoms with Gasteiger partial charge in [0.2, 0.25) is 5.82 Å². The molecule has 110 valence electrons. The monoisotopic (exact) mass is 280 g/mol. The third-order valence-corrected chi connectivity index (χ3v) is 3.73. The molecule has 7 nitrogen and oxygen atoms in total. The van der Waals surface area contributed by atoms with Gasteiger partial charge < -0.3 is 15.4 Å². The molecule has 2 unspecified atom stereocenters. The van der Waals surface area contributed by atoms with Crippen molar-refractivity contribution in [2.75, 3.05) is 25.1 Å². The number of piperidine rings is 1. The van der Waals surface area contributed by atoms with E-state index in [2.05, 4.69) is 4.98 Å². The molecule has 0 radical (unpaired) electrons. The van der Waals surface area contributed by atoms with Crippen molar-refractivity contribution in [2.24, 2.45) is 5.73 Å². The van der Waals surface area contributed by atoms with Crippen LogP contribution < -0.4 is 10.6 Å². The Balaban J connectivity index is 2.33. The van der Waals surface area contributed by atoms with E-state index in [1.165, 1.54) is 0 Å². The number of pyridine rings is 1. The van der Waals surface area contributed by atoms with Crippen molar-refractivity contribution in [2.45, 2.75) is 31.9 Å². The first-order valence-corrected chi connectivity index (χ1v) is 6.67. The van der Waals surface area contributed by atoms with Gasteiger partial charge in [0.15, 0.2) is 0 Å². The van der Waals surface area contributed by atoms with Crippen LogP contribution in [0, 0.1) is 17.0 Å². The van der Waals surface area contributed by atoms with Crippen molar-refractivity contribution in [1.82, 2.24) is 4.98 Å². The summed E-state index contributed by atoms with van der Waals surface area (Å²) in [6.45, 7) is 2.88. The summed E-state index contributed by atoms with van der Waals surface area (Å²) >= 11 is 0. The molecule has 1 saturated heterocycles. The van der Waals surface area contributed by atoms with Crippen LogP contribution in [0.25, 0.3) is 0 Å². The second-order valence-corrected chi connectivity index (χ2v) is 5.08. The van der Waals surface area contributed by atoms with Crippen LogP contribution in [0.5, 0.6) is 0 Å².